The molecule has 0 radical (unpaired) electrons. The highest BCUT2D eigenvalue weighted by Gasteiger charge is 2.01. The molecular weight excluding hydrogens is 224 g/mol. The summed E-state index contributed by atoms with van der Waals surface area (Å²) in [6, 6.07) is 10.0. The lowest BCUT2D eigenvalue weighted by atomic mass is 10.2. The summed E-state index contributed by atoms with van der Waals surface area (Å²) in [5, 5.41) is 6.41. The van der Waals surface area contributed by atoms with Crippen LogP contribution in [0.25, 0.3) is 0 Å². The summed E-state index contributed by atoms with van der Waals surface area (Å²) in [4.78, 5) is 8.73. The van der Waals surface area contributed by atoms with Crippen molar-refractivity contribution in [3.05, 3.63) is 47.9 Å². The van der Waals surface area contributed by atoms with Crippen molar-refractivity contribution in [1.82, 2.24) is 15.3 Å². The van der Waals surface area contributed by atoms with Crippen LogP contribution in [-0.2, 0) is 6.42 Å². The Bertz CT molecular complexity index is 511. The molecular formula is C14H18N4. The first-order valence-electron chi connectivity index (χ1n) is 6.09. The SMILES string of the molecule is CNCCc1nccc(Nc2ccccc2C)n1. The summed E-state index contributed by atoms with van der Waals surface area (Å²) < 4.78 is 0. The fourth-order valence-electron chi connectivity index (χ4n) is 1.68. The molecule has 4 heteroatoms. The summed E-state index contributed by atoms with van der Waals surface area (Å²) >= 11 is 0. The number of nitrogens with zero attached hydrogens (tertiary/aromatic N) is 2. The van der Waals surface area contributed by atoms with E-state index in [2.05, 4.69) is 33.6 Å². The summed E-state index contributed by atoms with van der Waals surface area (Å²) in [7, 11) is 1.93. The van der Waals surface area contributed by atoms with Crippen LogP contribution in [0.4, 0.5) is 11.5 Å². The first-order chi connectivity index (χ1) is 8.79. The van der Waals surface area contributed by atoms with Crippen LogP contribution >= 0.6 is 0 Å². The van der Waals surface area contributed by atoms with Gasteiger partial charge in [-0.15, -0.1) is 0 Å². The summed E-state index contributed by atoms with van der Waals surface area (Å²) in [5.74, 6) is 1.69. The Morgan fingerprint density at radius 1 is 1.17 bits per heavy atom. The average molecular weight is 242 g/mol. The Labute approximate surface area is 107 Å². The van der Waals surface area contributed by atoms with Gasteiger partial charge in [0.25, 0.3) is 0 Å². The normalized spacial score (nSPS) is 10.3. The van der Waals surface area contributed by atoms with Gasteiger partial charge in [0.2, 0.25) is 0 Å². The molecule has 1 aromatic carbocycles. The van der Waals surface area contributed by atoms with Crippen LogP contribution in [0.15, 0.2) is 36.5 Å². The van der Waals surface area contributed by atoms with E-state index in [1.54, 1.807) is 6.20 Å². The predicted molar refractivity (Wildman–Crippen MR) is 74.1 cm³/mol. The molecule has 0 unspecified atom stereocenters. The minimum Gasteiger partial charge on any atom is -0.340 e. The maximum Gasteiger partial charge on any atom is 0.134 e. The molecule has 4 nitrogen and oxygen atoms in total. The van der Waals surface area contributed by atoms with Crippen LogP contribution in [0.1, 0.15) is 11.4 Å². The molecule has 0 saturated carbocycles. The van der Waals surface area contributed by atoms with Gasteiger partial charge in [0.15, 0.2) is 0 Å². The van der Waals surface area contributed by atoms with Crippen molar-refractivity contribution in [2.75, 3.05) is 18.9 Å². The van der Waals surface area contributed by atoms with Crippen molar-refractivity contribution >= 4 is 11.5 Å². The molecule has 0 amide bonds. The second-order valence-electron chi connectivity index (χ2n) is 4.15. The van der Waals surface area contributed by atoms with Gasteiger partial charge in [-0.25, -0.2) is 9.97 Å². The lowest BCUT2D eigenvalue weighted by Gasteiger charge is -2.09. The molecule has 2 rings (SSSR count). The van der Waals surface area contributed by atoms with Gasteiger partial charge in [0.05, 0.1) is 0 Å². The number of rotatable bonds is 5. The monoisotopic (exact) mass is 242 g/mol. The van der Waals surface area contributed by atoms with Gasteiger partial charge in [-0.3, -0.25) is 0 Å². The van der Waals surface area contributed by atoms with Crippen LogP contribution < -0.4 is 10.6 Å². The maximum absolute atomic E-state index is 4.48. The highest BCUT2D eigenvalue weighted by Crippen LogP contribution is 2.18. The average Bonchev–Trinajstić information content (AvgIpc) is 2.40. The summed E-state index contributed by atoms with van der Waals surface area (Å²) in [6.07, 6.45) is 2.62. The van der Waals surface area contributed by atoms with E-state index in [9.17, 15) is 0 Å². The van der Waals surface area contributed by atoms with Crippen LogP contribution in [-0.4, -0.2) is 23.6 Å². The smallest absolute Gasteiger partial charge is 0.134 e. The number of aryl methyl sites for hydroxylation is 1. The number of anilines is 2. The molecule has 1 heterocycles. The predicted octanol–water partition coefficient (Wildman–Crippen LogP) is 2.29. The third-order valence-electron chi connectivity index (χ3n) is 2.71. The number of hydrogen-bond acceptors (Lipinski definition) is 4. The number of nitrogens with one attached hydrogen (secondary N) is 2. The summed E-state index contributed by atoms with van der Waals surface area (Å²) in [6.45, 7) is 2.96. The van der Waals surface area contributed by atoms with E-state index in [0.29, 0.717) is 0 Å². The number of aromatic nitrogens is 2. The standard InChI is InChI=1S/C14H18N4/c1-11-5-3-4-6-12(11)17-14-8-10-16-13(18-14)7-9-15-2/h3-6,8,10,15H,7,9H2,1-2H3,(H,16,17,18). The van der Waals surface area contributed by atoms with E-state index in [0.717, 1.165) is 30.3 Å². The van der Waals surface area contributed by atoms with Crippen molar-refractivity contribution in [3.8, 4) is 0 Å². The Morgan fingerprint density at radius 3 is 2.78 bits per heavy atom. The van der Waals surface area contributed by atoms with E-state index in [1.165, 1.54) is 5.56 Å². The van der Waals surface area contributed by atoms with Crippen molar-refractivity contribution < 1.29 is 0 Å². The third-order valence-corrected chi connectivity index (χ3v) is 2.71. The molecule has 0 spiro atoms. The molecule has 0 aliphatic rings. The van der Waals surface area contributed by atoms with Crippen molar-refractivity contribution in [2.45, 2.75) is 13.3 Å². The minimum atomic E-state index is 0.833. The van der Waals surface area contributed by atoms with Crippen LogP contribution in [0.5, 0.6) is 0 Å². The Balaban J connectivity index is 2.12. The van der Waals surface area contributed by atoms with E-state index >= 15 is 0 Å². The number of hydrogen-bond donors (Lipinski definition) is 2. The first kappa shape index (κ1) is 12.5. The second kappa shape index (κ2) is 6.12. The Morgan fingerprint density at radius 2 is 2.00 bits per heavy atom. The maximum atomic E-state index is 4.48. The lowest BCUT2D eigenvalue weighted by Crippen LogP contribution is -2.12. The molecule has 0 aliphatic carbocycles. The number of para-hydroxylation sites is 1. The highest BCUT2D eigenvalue weighted by molar-refractivity contribution is 5.59. The first-order valence-corrected chi connectivity index (χ1v) is 6.09. The molecule has 1 aromatic heterocycles. The van der Waals surface area contributed by atoms with Gasteiger partial charge >= 0.3 is 0 Å². The van der Waals surface area contributed by atoms with E-state index in [-0.39, 0.29) is 0 Å². The summed E-state index contributed by atoms with van der Waals surface area (Å²) in [5.41, 5.74) is 2.28. The molecule has 0 bridgehead atoms. The zero-order chi connectivity index (χ0) is 12.8. The van der Waals surface area contributed by atoms with Crippen molar-refractivity contribution in [2.24, 2.45) is 0 Å². The zero-order valence-corrected chi connectivity index (χ0v) is 10.8. The minimum absolute atomic E-state index is 0.833. The van der Waals surface area contributed by atoms with E-state index in [4.69, 9.17) is 0 Å². The molecule has 18 heavy (non-hydrogen) atoms. The third kappa shape index (κ3) is 3.28. The highest BCUT2D eigenvalue weighted by atomic mass is 15.0. The second-order valence-corrected chi connectivity index (χ2v) is 4.15. The van der Waals surface area contributed by atoms with Gasteiger partial charge in [-0.2, -0.15) is 0 Å². The topological polar surface area (TPSA) is 49.8 Å². The van der Waals surface area contributed by atoms with Crippen molar-refractivity contribution in [1.29, 1.82) is 0 Å². The van der Waals surface area contributed by atoms with Gasteiger partial charge < -0.3 is 10.6 Å². The quantitative estimate of drug-likeness (QED) is 0.844. The molecule has 2 aromatic rings. The van der Waals surface area contributed by atoms with Gasteiger partial charge in [-0.1, -0.05) is 18.2 Å². The van der Waals surface area contributed by atoms with E-state index in [1.807, 2.05) is 31.3 Å². The van der Waals surface area contributed by atoms with Crippen molar-refractivity contribution in [3.63, 3.8) is 0 Å². The van der Waals surface area contributed by atoms with Crippen LogP contribution in [0.3, 0.4) is 0 Å². The van der Waals surface area contributed by atoms with Gasteiger partial charge in [0.1, 0.15) is 11.6 Å². The fraction of sp³-hybridized carbons (Fsp3) is 0.286. The van der Waals surface area contributed by atoms with Gasteiger partial charge in [0, 0.05) is 24.8 Å². The fourth-order valence-corrected chi connectivity index (χ4v) is 1.68. The molecule has 0 aliphatic heterocycles. The molecule has 0 atom stereocenters. The molecule has 0 fully saturated rings. The Kier molecular flexibility index (Phi) is 4.25. The largest absolute Gasteiger partial charge is 0.340 e. The molecule has 94 valence electrons. The zero-order valence-electron chi connectivity index (χ0n) is 10.8. The van der Waals surface area contributed by atoms with Crippen LogP contribution in [0, 0.1) is 6.92 Å². The molecule has 0 saturated heterocycles. The Hall–Kier alpha value is -1.94. The molecule has 2 N–H and O–H groups in total. The lowest BCUT2D eigenvalue weighted by molar-refractivity contribution is 0.756. The number of benzene rings is 1. The van der Waals surface area contributed by atoms with Gasteiger partial charge in [-0.05, 0) is 31.7 Å². The van der Waals surface area contributed by atoms with Crippen LogP contribution in [0.2, 0.25) is 0 Å². The number of likely N-dealkylation sites (N-methyl/N-ethyl adjacent to an activating group) is 1. The van der Waals surface area contributed by atoms with E-state index < -0.39 is 0 Å².